The fourth-order valence-electron chi connectivity index (χ4n) is 3.74. The molecule has 2 nitrogen and oxygen atoms in total. The predicted octanol–water partition coefficient (Wildman–Crippen LogP) is 5.66. The van der Waals surface area contributed by atoms with Crippen molar-refractivity contribution in [2.75, 3.05) is 26.2 Å². The SMILES string of the molecule is Clc1ccc(C(c2ccc(-c3ccccc3)cc2)N2CCNCC2)c(Cl)c1. The highest BCUT2D eigenvalue weighted by molar-refractivity contribution is 6.35. The van der Waals surface area contributed by atoms with E-state index in [9.17, 15) is 0 Å². The van der Waals surface area contributed by atoms with Crippen molar-refractivity contribution in [2.24, 2.45) is 0 Å². The fourth-order valence-corrected chi connectivity index (χ4v) is 4.25. The van der Waals surface area contributed by atoms with Crippen LogP contribution in [0.5, 0.6) is 0 Å². The highest BCUT2D eigenvalue weighted by Crippen LogP contribution is 2.35. The first-order valence-corrected chi connectivity index (χ1v) is 10.0. The van der Waals surface area contributed by atoms with E-state index >= 15 is 0 Å². The molecule has 3 aromatic carbocycles. The molecule has 3 aromatic rings. The molecule has 1 unspecified atom stereocenters. The zero-order valence-corrected chi connectivity index (χ0v) is 16.5. The van der Waals surface area contributed by atoms with Crippen molar-refractivity contribution in [1.82, 2.24) is 10.2 Å². The molecule has 1 heterocycles. The molecule has 1 aliphatic heterocycles. The maximum Gasteiger partial charge on any atom is 0.0617 e. The normalized spacial score (nSPS) is 16.2. The number of piperazine rings is 1. The highest BCUT2D eigenvalue weighted by Gasteiger charge is 2.25. The molecule has 0 bridgehead atoms. The quantitative estimate of drug-likeness (QED) is 0.612. The van der Waals surface area contributed by atoms with Crippen LogP contribution in [0, 0.1) is 0 Å². The fraction of sp³-hybridized carbons (Fsp3) is 0.217. The molecule has 0 radical (unpaired) electrons. The second kappa shape index (κ2) is 8.45. The Labute approximate surface area is 170 Å². The van der Waals surface area contributed by atoms with E-state index in [1.807, 2.05) is 18.2 Å². The molecule has 0 spiro atoms. The Morgan fingerprint density at radius 1 is 0.778 bits per heavy atom. The van der Waals surface area contributed by atoms with Gasteiger partial charge in [-0.2, -0.15) is 0 Å². The Morgan fingerprint density at radius 2 is 1.44 bits per heavy atom. The maximum absolute atomic E-state index is 6.59. The molecule has 4 rings (SSSR count). The average molecular weight is 397 g/mol. The first-order valence-electron chi connectivity index (χ1n) is 9.27. The third-order valence-corrected chi connectivity index (χ3v) is 5.67. The molecule has 4 heteroatoms. The van der Waals surface area contributed by atoms with Crippen LogP contribution in [0.2, 0.25) is 10.0 Å². The van der Waals surface area contributed by atoms with Crippen molar-refractivity contribution in [3.05, 3.63) is 94.0 Å². The molecule has 0 aromatic heterocycles. The minimum Gasteiger partial charge on any atom is -0.314 e. The molecule has 0 saturated carbocycles. The van der Waals surface area contributed by atoms with Crippen molar-refractivity contribution < 1.29 is 0 Å². The van der Waals surface area contributed by atoms with Crippen LogP contribution in [0.25, 0.3) is 11.1 Å². The van der Waals surface area contributed by atoms with Crippen LogP contribution in [-0.4, -0.2) is 31.1 Å². The van der Waals surface area contributed by atoms with Gasteiger partial charge in [-0.25, -0.2) is 0 Å². The third-order valence-electron chi connectivity index (χ3n) is 5.11. The summed E-state index contributed by atoms with van der Waals surface area (Å²) in [6.45, 7) is 3.96. The summed E-state index contributed by atoms with van der Waals surface area (Å²) in [6, 6.07) is 25.2. The molecular formula is C23H22Cl2N2. The molecule has 27 heavy (non-hydrogen) atoms. The third kappa shape index (κ3) is 4.20. The summed E-state index contributed by atoms with van der Waals surface area (Å²) >= 11 is 12.7. The van der Waals surface area contributed by atoms with Crippen LogP contribution >= 0.6 is 23.2 Å². The summed E-state index contributed by atoms with van der Waals surface area (Å²) in [7, 11) is 0. The van der Waals surface area contributed by atoms with Gasteiger partial charge in [-0.05, 0) is 34.4 Å². The molecule has 1 N–H and O–H groups in total. The van der Waals surface area contributed by atoms with E-state index < -0.39 is 0 Å². The standard InChI is InChI=1S/C23H22Cl2N2/c24-20-10-11-21(22(25)16-20)23(27-14-12-26-13-15-27)19-8-6-18(7-9-19)17-4-2-1-3-5-17/h1-11,16,23,26H,12-15H2. The molecular weight excluding hydrogens is 375 g/mol. The summed E-state index contributed by atoms with van der Waals surface area (Å²) in [6.07, 6.45) is 0. The number of hydrogen-bond donors (Lipinski definition) is 1. The minimum atomic E-state index is 0.127. The Morgan fingerprint density at radius 3 is 2.11 bits per heavy atom. The zero-order chi connectivity index (χ0) is 18.6. The highest BCUT2D eigenvalue weighted by atomic mass is 35.5. The van der Waals surface area contributed by atoms with Crippen LogP contribution in [-0.2, 0) is 0 Å². The van der Waals surface area contributed by atoms with Gasteiger partial charge in [0.25, 0.3) is 0 Å². The Bertz CT molecular complexity index is 888. The summed E-state index contributed by atoms with van der Waals surface area (Å²) < 4.78 is 0. The van der Waals surface area contributed by atoms with Crippen LogP contribution in [0.3, 0.4) is 0 Å². The smallest absolute Gasteiger partial charge is 0.0617 e. The summed E-state index contributed by atoms with van der Waals surface area (Å²) in [4.78, 5) is 2.49. The topological polar surface area (TPSA) is 15.3 Å². The maximum atomic E-state index is 6.59. The molecule has 1 fully saturated rings. The van der Waals surface area contributed by atoms with E-state index in [0.717, 1.165) is 36.8 Å². The summed E-state index contributed by atoms with van der Waals surface area (Å²) in [5.41, 5.74) is 4.81. The van der Waals surface area contributed by atoms with Gasteiger partial charge in [-0.15, -0.1) is 0 Å². The van der Waals surface area contributed by atoms with Gasteiger partial charge in [-0.1, -0.05) is 83.9 Å². The van der Waals surface area contributed by atoms with Crippen molar-refractivity contribution in [2.45, 2.75) is 6.04 Å². The minimum absolute atomic E-state index is 0.127. The predicted molar refractivity (Wildman–Crippen MR) is 115 cm³/mol. The van der Waals surface area contributed by atoms with Crippen LogP contribution in [0.4, 0.5) is 0 Å². The second-order valence-corrected chi connectivity index (χ2v) is 7.69. The first kappa shape index (κ1) is 18.5. The van der Waals surface area contributed by atoms with Gasteiger partial charge in [-0.3, -0.25) is 4.90 Å². The molecule has 1 aliphatic rings. The lowest BCUT2D eigenvalue weighted by atomic mass is 9.94. The number of nitrogens with one attached hydrogen (secondary N) is 1. The monoisotopic (exact) mass is 396 g/mol. The van der Waals surface area contributed by atoms with Crippen molar-refractivity contribution in [3.8, 4) is 11.1 Å². The van der Waals surface area contributed by atoms with E-state index in [-0.39, 0.29) is 6.04 Å². The van der Waals surface area contributed by atoms with Gasteiger partial charge in [0.2, 0.25) is 0 Å². The van der Waals surface area contributed by atoms with Gasteiger partial charge in [0.1, 0.15) is 0 Å². The van der Waals surface area contributed by atoms with Crippen molar-refractivity contribution in [1.29, 1.82) is 0 Å². The number of rotatable bonds is 4. The van der Waals surface area contributed by atoms with E-state index in [4.69, 9.17) is 23.2 Å². The van der Waals surface area contributed by atoms with E-state index in [2.05, 4.69) is 64.8 Å². The molecule has 138 valence electrons. The van der Waals surface area contributed by atoms with E-state index in [1.165, 1.54) is 16.7 Å². The van der Waals surface area contributed by atoms with Crippen LogP contribution < -0.4 is 5.32 Å². The van der Waals surface area contributed by atoms with Crippen LogP contribution in [0.1, 0.15) is 17.2 Å². The van der Waals surface area contributed by atoms with Gasteiger partial charge in [0, 0.05) is 36.2 Å². The second-order valence-electron chi connectivity index (χ2n) is 6.84. The number of nitrogens with zero attached hydrogens (tertiary/aromatic N) is 1. The lowest BCUT2D eigenvalue weighted by Crippen LogP contribution is -2.45. The largest absolute Gasteiger partial charge is 0.314 e. The molecule has 1 atom stereocenters. The van der Waals surface area contributed by atoms with Crippen LogP contribution in [0.15, 0.2) is 72.8 Å². The molecule has 0 aliphatic carbocycles. The number of hydrogen-bond acceptors (Lipinski definition) is 2. The Balaban J connectivity index is 1.72. The van der Waals surface area contributed by atoms with Gasteiger partial charge in [0.15, 0.2) is 0 Å². The summed E-state index contributed by atoms with van der Waals surface area (Å²) in [5, 5.41) is 4.82. The number of benzene rings is 3. The Kier molecular flexibility index (Phi) is 5.80. The molecule has 0 amide bonds. The summed E-state index contributed by atoms with van der Waals surface area (Å²) in [5.74, 6) is 0. The van der Waals surface area contributed by atoms with Gasteiger partial charge in [0.05, 0.1) is 6.04 Å². The van der Waals surface area contributed by atoms with Crippen molar-refractivity contribution in [3.63, 3.8) is 0 Å². The van der Waals surface area contributed by atoms with Gasteiger partial charge >= 0.3 is 0 Å². The van der Waals surface area contributed by atoms with E-state index in [1.54, 1.807) is 0 Å². The number of halogens is 2. The van der Waals surface area contributed by atoms with Crippen molar-refractivity contribution >= 4 is 23.2 Å². The average Bonchev–Trinajstić information content (AvgIpc) is 2.72. The van der Waals surface area contributed by atoms with E-state index in [0.29, 0.717) is 5.02 Å². The Hall–Kier alpha value is -1.84. The lowest BCUT2D eigenvalue weighted by Gasteiger charge is -2.36. The zero-order valence-electron chi connectivity index (χ0n) is 15.0. The molecule has 1 saturated heterocycles. The first-order chi connectivity index (χ1) is 13.2. The van der Waals surface area contributed by atoms with Gasteiger partial charge < -0.3 is 5.32 Å². The lowest BCUT2D eigenvalue weighted by molar-refractivity contribution is 0.198.